The van der Waals surface area contributed by atoms with Gasteiger partial charge in [-0.1, -0.05) is 27.2 Å². The van der Waals surface area contributed by atoms with Gasteiger partial charge in [-0.2, -0.15) is 0 Å². The lowest BCUT2D eigenvalue weighted by molar-refractivity contribution is -0.153. The fraction of sp³-hybridized carbons (Fsp3) is 0.800. The van der Waals surface area contributed by atoms with E-state index in [-0.39, 0.29) is 12.3 Å². The highest BCUT2D eigenvalue weighted by Gasteiger charge is 2.38. The van der Waals surface area contributed by atoms with E-state index in [9.17, 15) is 19.5 Å². The molecule has 0 amide bonds. The Morgan fingerprint density at radius 2 is 1.62 bits per heavy atom. The van der Waals surface area contributed by atoms with Crippen molar-refractivity contribution in [2.75, 3.05) is 0 Å². The summed E-state index contributed by atoms with van der Waals surface area (Å²) in [5, 5.41) is 26.8. The zero-order valence-electron chi connectivity index (χ0n) is 13.0. The first-order valence-corrected chi connectivity index (χ1v) is 7.26. The molecule has 0 spiro atoms. The zero-order chi connectivity index (χ0) is 16.6. The van der Waals surface area contributed by atoms with Crippen molar-refractivity contribution in [1.29, 1.82) is 0 Å². The van der Waals surface area contributed by atoms with E-state index in [0.717, 1.165) is 6.42 Å². The molecule has 0 aliphatic rings. The third kappa shape index (κ3) is 7.68. The van der Waals surface area contributed by atoms with Gasteiger partial charge in [0.15, 0.2) is 0 Å². The average Bonchev–Trinajstić information content (AvgIpc) is 2.33. The summed E-state index contributed by atoms with van der Waals surface area (Å²) in [6, 6.07) is 0. The van der Waals surface area contributed by atoms with Crippen LogP contribution in [0.15, 0.2) is 0 Å². The molecule has 0 aromatic carbocycles. The maximum atomic E-state index is 11.3. The number of rotatable bonds is 11. The molecule has 0 radical (unpaired) electrons. The number of hydrogen-bond donors (Lipinski definition) is 3. The summed E-state index contributed by atoms with van der Waals surface area (Å²) in [5.41, 5.74) is -0.645. The SMILES string of the molecule is CCC(CCCC(=O)O)CC(C)(C)C(CC(=O)O)C(=O)O. The van der Waals surface area contributed by atoms with Crippen LogP contribution in [-0.4, -0.2) is 33.2 Å². The second-order valence-corrected chi connectivity index (χ2v) is 6.24. The highest BCUT2D eigenvalue weighted by atomic mass is 16.4. The van der Waals surface area contributed by atoms with E-state index in [1.165, 1.54) is 0 Å². The van der Waals surface area contributed by atoms with Gasteiger partial charge in [-0.15, -0.1) is 0 Å². The Labute approximate surface area is 125 Å². The van der Waals surface area contributed by atoms with Crippen LogP contribution in [0, 0.1) is 17.3 Å². The van der Waals surface area contributed by atoms with E-state index in [1.54, 1.807) is 13.8 Å². The molecule has 0 aromatic rings. The summed E-state index contributed by atoms with van der Waals surface area (Å²) >= 11 is 0. The molecule has 6 nitrogen and oxygen atoms in total. The number of aliphatic carboxylic acids is 3. The second kappa shape index (κ2) is 8.64. The maximum absolute atomic E-state index is 11.3. The van der Waals surface area contributed by atoms with Crippen LogP contribution in [-0.2, 0) is 14.4 Å². The first-order valence-electron chi connectivity index (χ1n) is 7.26. The van der Waals surface area contributed by atoms with Crippen LogP contribution in [0.5, 0.6) is 0 Å². The fourth-order valence-electron chi connectivity index (χ4n) is 2.75. The van der Waals surface area contributed by atoms with Gasteiger partial charge in [-0.05, 0) is 30.6 Å². The number of carboxylic acids is 3. The first-order chi connectivity index (χ1) is 9.60. The lowest BCUT2D eigenvalue weighted by Gasteiger charge is -2.34. The Bertz CT molecular complexity index is 374. The van der Waals surface area contributed by atoms with Crippen LogP contribution in [0.2, 0.25) is 0 Å². The molecule has 0 aromatic heterocycles. The fourth-order valence-corrected chi connectivity index (χ4v) is 2.75. The van der Waals surface area contributed by atoms with Gasteiger partial charge in [0.1, 0.15) is 0 Å². The molecule has 0 fully saturated rings. The van der Waals surface area contributed by atoms with Crippen LogP contribution in [0.3, 0.4) is 0 Å². The highest BCUT2D eigenvalue weighted by Crippen LogP contribution is 2.38. The maximum Gasteiger partial charge on any atom is 0.307 e. The number of carboxylic acid groups (broad SMARTS) is 3. The summed E-state index contributed by atoms with van der Waals surface area (Å²) < 4.78 is 0. The van der Waals surface area contributed by atoms with Gasteiger partial charge < -0.3 is 15.3 Å². The topological polar surface area (TPSA) is 112 Å². The molecule has 2 unspecified atom stereocenters. The van der Waals surface area contributed by atoms with E-state index in [0.29, 0.717) is 19.3 Å². The normalized spacial score (nSPS) is 14.4. The summed E-state index contributed by atoms with van der Waals surface area (Å²) in [7, 11) is 0. The molecule has 0 saturated heterocycles. The van der Waals surface area contributed by atoms with E-state index >= 15 is 0 Å². The average molecular weight is 302 g/mol. The number of carbonyl (C=O) groups is 3. The van der Waals surface area contributed by atoms with Gasteiger partial charge in [0.25, 0.3) is 0 Å². The van der Waals surface area contributed by atoms with Crippen LogP contribution in [0.25, 0.3) is 0 Å². The predicted molar refractivity (Wildman–Crippen MR) is 77.0 cm³/mol. The van der Waals surface area contributed by atoms with Crippen LogP contribution in [0.4, 0.5) is 0 Å². The molecule has 0 saturated carbocycles. The predicted octanol–water partition coefficient (Wildman–Crippen LogP) is 2.86. The third-order valence-corrected chi connectivity index (χ3v) is 4.02. The molecule has 0 bridgehead atoms. The molecule has 3 N–H and O–H groups in total. The van der Waals surface area contributed by atoms with Crippen molar-refractivity contribution in [3.05, 3.63) is 0 Å². The molecule has 122 valence electrons. The molecule has 0 heterocycles. The summed E-state index contributed by atoms with van der Waals surface area (Å²) in [5.74, 6) is -3.78. The van der Waals surface area contributed by atoms with Gasteiger partial charge in [-0.25, -0.2) is 0 Å². The Kier molecular flexibility index (Phi) is 7.99. The Morgan fingerprint density at radius 1 is 1.05 bits per heavy atom. The molecule has 0 rings (SSSR count). The van der Waals surface area contributed by atoms with Crippen LogP contribution < -0.4 is 0 Å². The smallest absolute Gasteiger partial charge is 0.307 e. The Balaban J connectivity index is 4.73. The van der Waals surface area contributed by atoms with Crippen molar-refractivity contribution in [3.63, 3.8) is 0 Å². The minimum absolute atomic E-state index is 0.106. The second-order valence-electron chi connectivity index (χ2n) is 6.24. The minimum Gasteiger partial charge on any atom is -0.481 e. The van der Waals surface area contributed by atoms with E-state index in [4.69, 9.17) is 10.2 Å². The molecule has 6 heteroatoms. The quantitative estimate of drug-likeness (QED) is 0.541. The van der Waals surface area contributed by atoms with Gasteiger partial charge in [-0.3, -0.25) is 14.4 Å². The molecule has 0 aliphatic heterocycles. The lowest BCUT2D eigenvalue weighted by atomic mass is 9.70. The minimum atomic E-state index is -1.12. The molecule has 21 heavy (non-hydrogen) atoms. The van der Waals surface area contributed by atoms with Crippen LogP contribution >= 0.6 is 0 Å². The van der Waals surface area contributed by atoms with Crippen molar-refractivity contribution in [1.82, 2.24) is 0 Å². The monoisotopic (exact) mass is 302 g/mol. The van der Waals surface area contributed by atoms with Crippen molar-refractivity contribution < 1.29 is 29.7 Å². The summed E-state index contributed by atoms with van der Waals surface area (Å²) in [6.07, 6.45) is 2.38. The largest absolute Gasteiger partial charge is 0.481 e. The highest BCUT2D eigenvalue weighted by molar-refractivity contribution is 5.78. The van der Waals surface area contributed by atoms with Crippen molar-refractivity contribution in [2.24, 2.45) is 17.3 Å². The lowest BCUT2D eigenvalue weighted by Crippen LogP contribution is -2.34. The van der Waals surface area contributed by atoms with Crippen molar-refractivity contribution in [3.8, 4) is 0 Å². The molecular formula is C15H26O6. The van der Waals surface area contributed by atoms with Gasteiger partial charge in [0.05, 0.1) is 12.3 Å². The van der Waals surface area contributed by atoms with Gasteiger partial charge in [0.2, 0.25) is 0 Å². The van der Waals surface area contributed by atoms with E-state index < -0.39 is 35.7 Å². The molecule has 0 aliphatic carbocycles. The van der Waals surface area contributed by atoms with Gasteiger partial charge >= 0.3 is 17.9 Å². The number of hydrogen-bond acceptors (Lipinski definition) is 3. The summed E-state index contributed by atoms with van der Waals surface area (Å²) in [6.45, 7) is 5.53. The van der Waals surface area contributed by atoms with Crippen LogP contribution in [0.1, 0.15) is 59.3 Å². The van der Waals surface area contributed by atoms with Crippen molar-refractivity contribution >= 4 is 17.9 Å². The third-order valence-electron chi connectivity index (χ3n) is 4.02. The standard InChI is InChI=1S/C15H26O6/c1-4-10(6-5-7-12(16)17)9-15(2,3)11(14(20)21)8-13(18)19/h10-11H,4-9H2,1-3H3,(H,16,17)(H,18,19)(H,20,21). The summed E-state index contributed by atoms with van der Waals surface area (Å²) in [4.78, 5) is 32.7. The molecule has 2 atom stereocenters. The Morgan fingerprint density at radius 3 is 2.00 bits per heavy atom. The van der Waals surface area contributed by atoms with Crippen molar-refractivity contribution in [2.45, 2.75) is 59.3 Å². The zero-order valence-corrected chi connectivity index (χ0v) is 13.0. The van der Waals surface area contributed by atoms with Gasteiger partial charge in [0, 0.05) is 6.42 Å². The van der Waals surface area contributed by atoms with E-state index in [1.807, 2.05) is 6.92 Å². The van der Waals surface area contributed by atoms with E-state index in [2.05, 4.69) is 0 Å². The Hall–Kier alpha value is -1.59. The first kappa shape index (κ1) is 19.4. The molecular weight excluding hydrogens is 276 g/mol.